The summed E-state index contributed by atoms with van der Waals surface area (Å²) in [5.41, 5.74) is 4.99. The van der Waals surface area contributed by atoms with Gasteiger partial charge in [-0.3, -0.25) is 4.79 Å². The topological polar surface area (TPSA) is 73.1 Å². The van der Waals surface area contributed by atoms with Crippen LogP contribution in [0.3, 0.4) is 0 Å². The molecule has 0 bridgehead atoms. The number of amides is 1. The Balaban J connectivity index is 1.25. The average Bonchev–Trinajstić information content (AvgIpc) is 3.32. The Hall–Kier alpha value is -4.58. The largest absolute Gasteiger partial charge is 0.493 e. The van der Waals surface area contributed by atoms with Gasteiger partial charge in [0.05, 0.1) is 13.3 Å². The van der Waals surface area contributed by atoms with Gasteiger partial charge in [0, 0.05) is 5.39 Å². The van der Waals surface area contributed by atoms with E-state index in [0.29, 0.717) is 23.7 Å². The van der Waals surface area contributed by atoms with E-state index in [1.165, 1.54) is 11.6 Å². The first-order chi connectivity index (χ1) is 16.7. The SMILES string of the molecule is COc1cc(/C=N/NC(=O)c2cc3ccccc3o2)ccc1OCc1cccc2ccccc12. The molecule has 0 aliphatic carbocycles. The lowest BCUT2D eigenvalue weighted by Gasteiger charge is -2.12. The van der Waals surface area contributed by atoms with Crippen LogP contribution in [-0.2, 0) is 6.61 Å². The predicted octanol–water partition coefficient (Wildman–Crippen LogP) is 5.94. The van der Waals surface area contributed by atoms with Crippen LogP contribution >= 0.6 is 0 Å². The van der Waals surface area contributed by atoms with E-state index < -0.39 is 5.91 Å². The minimum atomic E-state index is -0.422. The van der Waals surface area contributed by atoms with Crippen LogP contribution in [0.15, 0.2) is 101 Å². The maximum Gasteiger partial charge on any atom is 0.307 e. The molecule has 6 heteroatoms. The lowest BCUT2D eigenvalue weighted by atomic mass is 10.1. The van der Waals surface area contributed by atoms with Crippen LogP contribution in [-0.4, -0.2) is 19.2 Å². The molecule has 0 saturated heterocycles. The molecule has 1 heterocycles. The molecule has 1 aromatic heterocycles. The number of benzene rings is 4. The first-order valence-electron chi connectivity index (χ1n) is 10.8. The van der Waals surface area contributed by atoms with Crippen molar-refractivity contribution in [2.45, 2.75) is 6.61 Å². The van der Waals surface area contributed by atoms with E-state index in [9.17, 15) is 4.79 Å². The number of ether oxygens (including phenoxy) is 2. The highest BCUT2D eigenvalue weighted by Gasteiger charge is 2.11. The smallest absolute Gasteiger partial charge is 0.307 e. The summed E-state index contributed by atoms with van der Waals surface area (Å²) in [6.07, 6.45) is 1.54. The second kappa shape index (κ2) is 9.50. The van der Waals surface area contributed by atoms with Crippen LogP contribution < -0.4 is 14.9 Å². The third kappa shape index (κ3) is 4.47. The number of hydrogen-bond acceptors (Lipinski definition) is 5. The second-order valence-electron chi connectivity index (χ2n) is 7.68. The first-order valence-corrected chi connectivity index (χ1v) is 10.8. The van der Waals surface area contributed by atoms with Crippen LogP contribution in [0, 0.1) is 0 Å². The Morgan fingerprint density at radius 1 is 0.912 bits per heavy atom. The third-order valence-corrected chi connectivity index (χ3v) is 5.48. The summed E-state index contributed by atoms with van der Waals surface area (Å²) in [4.78, 5) is 12.3. The quantitative estimate of drug-likeness (QED) is 0.246. The van der Waals surface area contributed by atoms with Crippen molar-refractivity contribution in [3.05, 3.63) is 108 Å². The monoisotopic (exact) mass is 450 g/mol. The summed E-state index contributed by atoms with van der Waals surface area (Å²) in [5, 5.41) is 7.23. The molecule has 0 radical (unpaired) electrons. The van der Waals surface area contributed by atoms with Crippen molar-refractivity contribution in [2.24, 2.45) is 5.10 Å². The van der Waals surface area contributed by atoms with E-state index in [-0.39, 0.29) is 5.76 Å². The Morgan fingerprint density at radius 3 is 2.56 bits per heavy atom. The number of carbonyl (C=O) groups excluding carboxylic acids is 1. The van der Waals surface area contributed by atoms with Crippen molar-refractivity contribution in [1.82, 2.24) is 5.43 Å². The summed E-state index contributed by atoms with van der Waals surface area (Å²) in [5.74, 6) is 0.981. The Morgan fingerprint density at radius 2 is 1.71 bits per heavy atom. The van der Waals surface area contributed by atoms with Crippen molar-refractivity contribution in [3.63, 3.8) is 0 Å². The van der Waals surface area contributed by atoms with E-state index in [1.54, 1.807) is 19.2 Å². The fourth-order valence-corrected chi connectivity index (χ4v) is 3.77. The van der Waals surface area contributed by atoms with Gasteiger partial charge < -0.3 is 13.9 Å². The van der Waals surface area contributed by atoms with Crippen LogP contribution in [0.2, 0.25) is 0 Å². The molecule has 6 nitrogen and oxygen atoms in total. The van der Waals surface area contributed by atoms with Crippen molar-refractivity contribution < 1.29 is 18.7 Å². The van der Waals surface area contributed by atoms with Gasteiger partial charge in [0.15, 0.2) is 17.3 Å². The van der Waals surface area contributed by atoms with Gasteiger partial charge in [-0.05, 0) is 52.2 Å². The minimum Gasteiger partial charge on any atom is -0.493 e. The molecular weight excluding hydrogens is 428 g/mol. The number of rotatable bonds is 7. The normalized spacial score (nSPS) is 11.2. The van der Waals surface area contributed by atoms with Gasteiger partial charge in [-0.15, -0.1) is 0 Å². The molecule has 168 valence electrons. The van der Waals surface area contributed by atoms with Crippen molar-refractivity contribution in [1.29, 1.82) is 0 Å². The maximum atomic E-state index is 12.3. The van der Waals surface area contributed by atoms with Gasteiger partial charge in [-0.1, -0.05) is 60.7 Å². The molecule has 0 spiro atoms. The molecule has 0 aliphatic rings. The highest BCUT2D eigenvalue weighted by atomic mass is 16.5. The van der Waals surface area contributed by atoms with Gasteiger partial charge in [-0.25, -0.2) is 5.43 Å². The van der Waals surface area contributed by atoms with Gasteiger partial charge in [0.2, 0.25) is 0 Å². The minimum absolute atomic E-state index is 0.202. The average molecular weight is 450 g/mol. The standard InChI is InChI=1S/C28H22N2O4/c1-32-26-15-19(17-29-30-28(31)27-16-21-8-3-5-12-24(21)34-27)13-14-25(26)33-18-22-10-6-9-20-7-2-4-11-23(20)22/h2-17H,18H2,1H3,(H,30,31)/b29-17+. The van der Waals surface area contributed by atoms with Crippen LogP contribution in [0.4, 0.5) is 0 Å². The van der Waals surface area contributed by atoms with Gasteiger partial charge >= 0.3 is 5.91 Å². The number of hydrogen-bond donors (Lipinski definition) is 1. The van der Waals surface area contributed by atoms with E-state index in [1.807, 2.05) is 54.6 Å². The molecule has 5 rings (SSSR count). The first kappa shape index (κ1) is 21.3. The molecule has 5 aromatic rings. The van der Waals surface area contributed by atoms with Crippen molar-refractivity contribution in [2.75, 3.05) is 7.11 Å². The molecular formula is C28H22N2O4. The number of para-hydroxylation sites is 1. The molecule has 34 heavy (non-hydrogen) atoms. The summed E-state index contributed by atoms with van der Waals surface area (Å²) in [6.45, 7) is 0.415. The van der Waals surface area contributed by atoms with Gasteiger partial charge in [0.1, 0.15) is 12.2 Å². The molecule has 0 atom stereocenters. The number of hydrazone groups is 1. The zero-order valence-electron chi connectivity index (χ0n) is 18.5. The van der Waals surface area contributed by atoms with E-state index in [2.05, 4.69) is 34.8 Å². The number of carbonyl (C=O) groups is 1. The van der Waals surface area contributed by atoms with Gasteiger partial charge in [0.25, 0.3) is 0 Å². The predicted molar refractivity (Wildman–Crippen MR) is 133 cm³/mol. The molecule has 0 aliphatic heterocycles. The second-order valence-corrected chi connectivity index (χ2v) is 7.68. The fourth-order valence-electron chi connectivity index (χ4n) is 3.77. The zero-order valence-corrected chi connectivity index (χ0v) is 18.5. The van der Waals surface area contributed by atoms with Gasteiger partial charge in [-0.2, -0.15) is 5.10 Å². The molecule has 4 aromatic carbocycles. The van der Waals surface area contributed by atoms with Crippen molar-refractivity contribution >= 4 is 33.9 Å². The molecule has 0 unspecified atom stereocenters. The van der Waals surface area contributed by atoms with Crippen LogP contribution in [0.25, 0.3) is 21.7 Å². The number of furan rings is 1. The molecule has 0 saturated carbocycles. The summed E-state index contributed by atoms with van der Waals surface area (Å²) < 4.78 is 17.1. The molecule has 1 N–H and O–H groups in total. The Kier molecular flexibility index (Phi) is 5.95. The number of nitrogens with one attached hydrogen (secondary N) is 1. The Bertz CT molecular complexity index is 1460. The summed E-state index contributed by atoms with van der Waals surface area (Å²) >= 11 is 0. The fraction of sp³-hybridized carbons (Fsp3) is 0.0714. The summed E-state index contributed by atoms with van der Waals surface area (Å²) in [7, 11) is 1.59. The van der Waals surface area contributed by atoms with Crippen LogP contribution in [0.1, 0.15) is 21.7 Å². The Labute approximate surface area is 196 Å². The van der Waals surface area contributed by atoms with E-state index >= 15 is 0 Å². The zero-order chi connectivity index (χ0) is 23.3. The maximum absolute atomic E-state index is 12.3. The van der Waals surface area contributed by atoms with E-state index in [4.69, 9.17) is 13.9 Å². The van der Waals surface area contributed by atoms with Crippen LogP contribution in [0.5, 0.6) is 11.5 Å². The number of fused-ring (bicyclic) bond motifs is 2. The summed E-state index contributed by atoms with van der Waals surface area (Å²) in [6, 6.07) is 29.0. The molecule has 0 fully saturated rings. The van der Waals surface area contributed by atoms with E-state index in [0.717, 1.165) is 21.9 Å². The number of nitrogens with zero attached hydrogens (tertiary/aromatic N) is 1. The number of methoxy groups -OCH3 is 1. The van der Waals surface area contributed by atoms with Crippen molar-refractivity contribution in [3.8, 4) is 11.5 Å². The third-order valence-electron chi connectivity index (χ3n) is 5.48. The molecule has 1 amide bonds. The lowest BCUT2D eigenvalue weighted by molar-refractivity contribution is 0.0929. The highest BCUT2D eigenvalue weighted by molar-refractivity contribution is 5.96. The lowest BCUT2D eigenvalue weighted by Crippen LogP contribution is -2.16. The highest BCUT2D eigenvalue weighted by Crippen LogP contribution is 2.29.